The zero-order valence-corrected chi connectivity index (χ0v) is 33.9. The maximum absolute atomic E-state index is 12.4. The van der Waals surface area contributed by atoms with Crippen LogP contribution in [0.4, 0.5) is 0 Å². The van der Waals surface area contributed by atoms with Crippen LogP contribution in [0.15, 0.2) is 24.3 Å². The van der Waals surface area contributed by atoms with E-state index in [0.717, 1.165) is 51.4 Å². The summed E-state index contributed by atoms with van der Waals surface area (Å²) in [4.78, 5) is 42.8. The van der Waals surface area contributed by atoms with Crippen LogP contribution in [0.2, 0.25) is 0 Å². The number of carbonyl (C=O) groups is 2. The number of unbranched alkanes of at least 4 members (excludes halogenated alkanes) is 25. The van der Waals surface area contributed by atoms with Gasteiger partial charge in [-0.1, -0.05) is 160 Å². The summed E-state index contributed by atoms with van der Waals surface area (Å²) >= 11 is 0. The maximum atomic E-state index is 12.4. The summed E-state index contributed by atoms with van der Waals surface area (Å²) in [7, 11) is -4.75. The van der Waals surface area contributed by atoms with Gasteiger partial charge in [-0.25, -0.2) is 4.57 Å². The molecule has 0 saturated carbocycles. The van der Waals surface area contributed by atoms with Crippen molar-refractivity contribution in [3.05, 3.63) is 24.3 Å². The highest BCUT2D eigenvalue weighted by atomic mass is 31.2. The lowest BCUT2D eigenvalue weighted by Crippen LogP contribution is -2.29. The Bertz CT molecular complexity index is 884. The van der Waals surface area contributed by atoms with Gasteiger partial charge in [0.1, 0.15) is 6.61 Å². The lowest BCUT2D eigenvalue weighted by Gasteiger charge is -2.18. The van der Waals surface area contributed by atoms with E-state index in [1.54, 1.807) is 0 Å². The summed E-state index contributed by atoms with van der Waals surface area (Å²) in [5.41, 5.74) is 0. The molecule has 0 spiro atoms. The Morgan fingerprint density at radius 3 is 1.20 bits per heavy atom. The smallest absolute Gasteiger partial charge is 0.462 e. The van der Waals surface area contributed by atoms with Crippen LogP contribution in [0.3, 0.4) is 0 Å². The number of rotatable bonds is 39. The topological polar surface area (TPSA) is 119 Å². The lowest BCUT2D eigenvalue weighted by atomic mass is 10.1. The molecule has 8 nitrogen and oxygen atoms in total. The minimum Gasteiger partial charge on any atom is -0.462 e. The van der Waals surface area contributed by atoms with Crippen LogP contribution in [0, 0.1) is 0 Å². The Morgan fingerprint density at radius 2 is 0.824 bits per heavy atom. The molecular formula is C42H79O8P. The third-order valence-corrected chi connectivity index (χ3v) is 9.68. The molecule has 0 unspecified atom stereocenters. The van der Waals surface area contributed by atoms with Crippen molar-refractivity contribution < 1.29 is 37.9 Å². The second-order valence-corrected chi connectivity index (χ2v) is 15.5. The normalized spacial score (nSPS) is 12.6. The van der Waals surface area contributed by atoms with Gasteiger partial charge in [-0.05, 0) is 64.2 Å². The van der Waals surface area contributed by atoms with Gasteiger partial charge in [-0.15, -0.1) is 0 Å². The highest BCUT2D eigenvalue weighted by molar-refractivity contribution is 7.46. The Hall–Kier alpha value is -1.47. The molecule has 0 amide bonds. The van der Waals surface area contributed by atoms with Crippen molar-refractivity contribution in [1.82, 2.24) is 0 Å². The van der Waals surface area contributed by atoms with E-state index >= 15 is 0 Å². The van der Waals surface area contributed by atoms with Gasteiger partial charge in [0.25, 0.3) is 0 Å². The maximum Gasteiger partial charge on any atom is 0.469 e. The van der Waals surface area contributed by atoms with Crippen LogP contribution >= 0.6 is 7.82 Å². The molecule has 0 rings (SSSR count). The molecule has 300 valence electrons. The van der Waals surface area contributed by atoms with E-state index in [9.17, 15) is 14.2 Å². The Kier molecular flexibility index (Phi) is 37.2. The summed E-state index contributed by atoms with van der Waals surface area (Å²) in [6, 6.07) is 0. The first-order valence-electron chi connectivity index (χ1n) is 21.1. The third kappa shape index (κ3) is 41.2. The van der Waals surface area contributed by atoms with Crippen LogP contribution in [-0.2, 0) is 28.2 Å². The average Bonchev–Trinajstić information content (AvgIpc) is 3.10. The zero-order valence-electron chi connectivity index (χ0n) is 33.0. The average molecular weight is 743 g/mol. The summed E-state index contributed by atoms with van der Waals surface area (Å²) < 4.78 is 26.4. The molecule has 0 bridgehead atoms. The second-order valence-electron chi connectivity index (χ2n) is 14.3. The molecule has 0 fully saturated rings. The predicted molar refractivity (Wildman–Crippen MR) is 212 cm³/mol. The molecule has 0 aromatic heterocycles. The quantitative estimate of drug-likeness (QED) is 0.0276. The van der Waals surface area contributed by atoms with Crippen molar-refractivity contribution in [2.24, 2.45) is 0 Å². The SMILES string of the molecule is CCCCCCC/C=C/CCCCCCCC(=O)O[C@H](COC(=O)CCCCCCCCCCC/C=C/CCCCCCCC)COP(=O)(O)O. The molecule has 9 heteroatoms. The molecule has 0 aliphatic heterocycles. The van der Waals surface area contributed by atoms with Gasteiger partial charge in [-0.3, -0.25) is 14.1 Å². The van der Waals surface area contributed by atoms with E-state index in [1.807, 2.05) is 0 Å². The molecule has 51 heavy (non-hydrogen) atoms. The summed E-state index contributed by atoms with van der Waals surface area (Å²) in [6.45, 7) is 3.67. The first-order valence-corrected chi connectivity index (χ1v) is 22.7. The van der Waals surface area contributed by atoms with Gasteiger partial charge >= 0.3 is 19.8 Å². The van der Waals surface area contributed by atoms with Gasteiger partial charge in [0.15, 0.2) is 6.10 Å². The van der Waals surface area contributed by atoms with Gasteiger partial charge < -0.3 is 19.3 Å². The molecule has 0 aromatic carbocycles. The van der Waals surface area contributed by atoms with Crippen LogP contribution in [0.1, 0.15) is 213 Å². The van der Waals surface area contributed by atoms with Gasteiger partial charge in [0.2, 0.25) is 0 Å². The van der Waals surface area contributed by atoms with Gasteiger partial charge in [0.05, 0.1) is 6.61 Å². The van der Waals surface area contributed by atoms with Crippen LogP contribution in [0.5, 0.6) is 0 Å². The summed E-state index contributed by atoms with van der Waals surface area (Å²) in [5.74, 6) is -0.891. The Labute approximate surface area is 313 Å². The minimum atomic E-state index is -4.75. The molecule has 0 radical (unpaired) electrons. The Morgan fingerprint density at radius 1 is 0.490 bits per heavy atom. The number of carbonyl (C=O) groups excluding carboxylic acids is 2. The number of esters is 2. The lowest BCUT2D eigenvalue weighted by molar-refractivity contribution is -0.161. The van der Waals surface area contributed by atoms with Gasteiger partial charge in [-0.2, -0.15) is 0 Å². The van der Waals surface area contributed by atoms with E-state index in [4.69, 9.17) is 19.3 Å². The molecule has 0 heterocycles. The predicted octanol–water partition coefficient (Wildman–Crippen LogP) is 12.8. The molecule has 2 N–H and O–H groups in total. The molecule has 0 aromatic rings. The highest BCUT2D eigenvalue weighted by Crippen LogP contribution is 2.36. The fourth-order valence-corrected chi connectivity index (χ4v) is 6.37. The fraction of sp³-hybridized carbons (Fsp3) is 0.857. The number of hydrogen-bond donors (Lipinski definition) is 2. The van der Waals surface area contributed by atoms with Crippen molar-refractivity contribution in [2.75, 3.05) is 13.2 Å². The van der Waals surface area contributed by atoms with Crippen LogP contribution in [0.25, 0.3) is 0 Å². The van der Waals surface area contributed by atoms with Crippen molar-refractivity contribution >= 4 is 19.8 Å². The number of phosphoric acid groups is 1. The minimum absolute atomic E-state index is 0.203. The summed E-state index contributed by atoms with van der Waals surface area (Å²) in [5, 5.41) is 0. The summed E-state index contributed by atoms with van der Waals surface area (Å²) in [6.07, 6.45) is 43.3. The van der Waals surface area contributed by atoms with E-state index < -0.39 is 32.5 Å². The van der Waals surface area contributed by atoms with Crippen molar-refractivity contribution in [1.29, 1.82) is 0 Å². The third-order valence-electron chi connectivity index (χ3n) is 9.19. The molecular weight excluding hydrogens is 663 g/mol. The van der Waals surface area contributed by atoms with Crippen molar-refractivity contribution in [3.63, 3.8) is 0 Å². The molecule has 0 saturated heterocycles. The monoisotopic (exact) mass is 743 g/mol. The number of ether oxygens (including phenoxy) is 2. The van der Waals surface area contributed by atoms with E-state index in [0.29, 0.717) is 6.42 Å². The molecule has 0 aliphatic carbocycles. The second kappa shape index (κ2) is 38.3. The standard InChI is InChI=1S/C42H79O8P/c1-3-5-7-9-11-13-15-17-19-20-21-22-23-25-26-28-30-32-34-36-41(43)48-38-40(39-49-51(45,46)47)50-42(44)37-35-33-31-29-27-24-18-16-14-12-10-8-6-4-2/h16-19,40H,3-15,20-39H2,1-2H3,(H2,45,46,47)/b18-16+,19-17+/t40-/m1/s1. The van der Waals surface area contributed by atoms with E-state index in [1.165, 1.54) is 128 Å². The number of phosphoric ester groups is 1. The zero-order chi connectivity index (χ0) is 37.5. The number of hydrogen-bond acceptors (Lipinski definition) is 6. The first-order chi connectivity index (χ1) is 24.8. The fourth-order valence-electron chi connectivity index (χ4n) is 6.01. The number of allylic oxidation sites excluding steroid dienone is 4. The van der Waals surface area contributed by atoms with Crippen LogP contribution < -0.4 is 0 Å². The van der Waals surface area contributed by atoms with Gasteiger partial charge in [0, 0.05) is 12.8 Å². The molecule has 0 aliphatic rings. The highest BCUT2D eigenvalue weighted by Gasteiger charge is 2.22. The largest absolute Gasteiger partial charge is 0.469 e. The van der Waals surface area contributed by atoms with Crippen LogP contribution in [-0.4, -0.2) is 41.0 Å². The Balaban J connectivity index is 3.89. The van der Waals surface area contributed by atoms with E-state index in [2.05, 4.69) is 42.7 Å². The van der Waals surface area contributed by atoms with E-state index in [-0.39, 0.29) is 19.4 Å². The first kappa shape index (κ1) is 49.5. The van der Waals surface area contributed by atoms with Crippen molar-refractivity contribution in [2.45, 2.75) is 219 Å². The molecule has 1 atom stereocenters. The van der Waals surface area contributed by atoms with Crippen molar-refractivity contribution in [3.8, 4) is 0 Å².